The Bertz CT molecular complexity index is 343. The van der Waals surface area contributed by atoms with E-state index in [0.29, 0.717) is 11.6 Å². The van der Waals surface area contributed by atoms with Crippen LogP contribution >= 0.6 is 11.6 Å². The van der Waals surface area contributed by atoms with E-state index < -0.39 is 0 Å². The molecule has 0 atom stereocenters. The molecule has 0 radical (unpaired) electrons. The molecule has 0 fully saturated rings. The molecule has 0 heterocycles. The maximum absolute atomic E-state index is 9.89. The number of hydrogen-bond donors (Lipinski definition) is 0. The van der Waals surface area contributed by atoms with Gasteiger partial charge in [-0.2, -0.15) is 0 Å². The predicted octanol–water partition coefficient (Wildman–Crippen LogP) is 2.74. The summed E-state index contributed by atoms with van der Waals surface area (Å²) in [5.74, 6) is 0. The van der Waals surface area contributed by atoms with Gasteiger partial charge in [-0.15, -0.1) is 0 Å². The fourth-order valence-corrected chi connectivity index (χ4v) is 1.42. The molecule has 0 N–H and O–H groups in total. The zero-order valence-electron chi connectivity index (χ0n) is 7.38. The van der Waals surface area contributed by atoms with Crippen molar-refractivity contribution in [2.75, 3.05) is 0 Å². The van der Waals surface area contributed by atoms with Gasteiger partial charge in [-0.05, 0) is 29.7 Å². The fourth-order valence-electron chi connectivity index (χ4n) is 1.14. The first-order valence-corrected chi connectivity index (χ1v) is 4.46. The molecule has 0 unspecified atom stereocenters. The van der Waals surface area contributed by atoms with Crippen molar-refractivity contribution in [3.8, 4) is 0 Å². The molecule has 1 aromatic rings. The van der Waals surface area contributed by atoms with Crippen LogP contribution in [0.2, 0.25) is 5.02 Å². The molecule has 1 aromatic carbocycles. The van der Waals surface area contributed by atoms with Crippen LogP contribution in [0.5, 0.6) is 0 Å². The molecule has 0 aliphatic heterocycles. The van der Waals surface area contributed by atoms with Gasteiger partial charge in [-0.3, -0.25) is 0 Å². The van der Waals surface area contributed by atoms with Crippen LogP contribution < -0.4 is 0 Å². The number of hydrogen-bond acceptors (Lipinski definition) is 2. The highest BCUT2D eigenvalue weighted by atomic mass is 35.5. The second-order valence-corrected chi connectivity index (χ2v) is 3.17. The lowest BCUT2D eigenvalue weighted by Crippen LogP contribution is -1.86. The summed E-state index contributed by atoms with van der Waals surface area (Å²) in [6.45, 7) is 2.41. The molecular weight excluding hydrogens is 186 g/mol. The monoisotopic (exact) mass is 195 g/mol. The van der Waals surface area contributed by atoms with Crippen LogP contribution in [0.15, 0.2) is 23.2 Å². The summed E-state index contributed by atoms with van der Waals surface area (Å²) in [4.78, 5) is 13.4. The predicted molar refractivity (Wildman–Crippen MR) is 52.7 cm³/mol. The van der Waals surface area contributed by atoms with Crippen LogP contribution in [0.25, 0.3) is 0 Å². The van der Waals surface area contributed by atoms with E-state index >= 15 is 0 Å². The molecule has 0 saturated heterocycles. The third-order valence-corrected chi connectivity index (χ3v) is 1.97. The molecule has 68 valence electrons. The number of isocyanates is 1. The van der Waals surface area contributed by atoms with E-state index in [4.69, 9.17) is 11.6 Å². The minimum absolute atomic E-state index is 0.358. The molecule has 2 nitrogen and oxygen atoms in total. The molecule has 0 aliphatic rings. The van der Waals surface area contributed by atoms with Gasteiger partial charge in [0.15, 0.2) is 0 Å². The summed E-state index contributed by atoms with van der Waals surface area (Å²) in [6, 6.07) is 5.71. The Hall–Kier alpha value is -1.11. The van der Waals surface area contributed by atoms with Crippen molar-refractivity contribution in [1.29, 1.82) is 0 Å². The lowest BCUT2D eigenvalue weighted by Gasteiger charge is -2.01. The third-order valence-electron chi connectivity index (χ3n) is 1.75. The van der Waals surface area contributed by atoms with Crippen molar-refractivity contribution in [3.05, 3.63) is 34.3 Å². The number of aliphatic imine (C=N–C) groups is 1. The average molecular weight is 196 g/mol. The van der Waals surface area contributed by atoms with Crippen molar-refractivity contribution in [2.45, 2.75) is 19.9 Å². The van der Waals surface area contributed by atoms with E-state index in [0.717, 1.165) is 17.5 Å². The summed E-state index contributed by atoms with van der Waals surface area (Å²) in [7, 11) is 0. The Morgan fingerprint density at radius 3 is 2.69 bits per heavy atom. The number of nitrogens with zero attached hydrogens (tertiary/aromatic N) is 1. The maximum Gasteiger partial charge on any atom is 0.235 e. The van der Waals surface area contributed by atoms with Crippen LogP contribution in [0, 0.1) is 0 Å². The van der Waals surface area contributed by atoms with Crippen LogP contribution in [0.1, 0.15) is 18.1 Å². The molecule has 0 saturated carbocycles. The Balaban J connectivity index is 2.93. The van der Waals surface area contributed by atoms with Gasteiger partial charge in [-0.25, -0.2) is 9.79 Å². The first kappa shape index (κ1) is 9.97. The molecule has 0 amide bonds. The van der Waals surface area contributed by atoms with Crippen LogP contribution in [0.3, 0.4) is 0 Å². The van der Waals surface area contributed by atoms with Crippen molar-refractivity contribution >= 4 is 17.7 Å². The molecule has 0 aromatic heterocycles. The molecule has 0 bridgehead atoms. The van der Waals surface area contributed by atoms with E-state index in [-0.39, 0.29) is 0 Å². The number of aryl methyl sites for hydroxylation is 1. The minimum Gasteiger partial charge on any atom is -0.211 e. The largest absolute Gasteiger partial charge is 0.235 e. The lowest BCUT2D eigenvalue weighted by atomic mass is 10.1. The second-order valence-electron chi connectivity index (χ2n) is 2.73. The third kappa shape index (κ3) is 3.02. The molecular formula is C10H10ClNO. The number of halogens is 1. The first-order valence-electron chi connectivity index (χ1n) is 4.08. The maximum atomic E-state index is 9.89. The number of benzene rings is 1. The molecule has 1 rings (SSSR count). The van der Waals surface area contributed by atoms with Crippen LogP contribution in [0.4, 0.5) is 0 Å². The van der Waals surface area contributed by atoms with E-state index in [1.54, 1.807) is 0 Å². The van der Waals surface area contributed by atoms with Crippen molar-refractivity contribution in [3.63, 3.8) is 0 Å². The van der Waals surface area contributed by atoms with E-state index in [2.05, 4.69) is 11.9 Å². The van der Waals surface area contributed by atoms with E-state index in [1.165, 1.54) is 6.08 Å². The summed E-state index contributed by atoms with van der Waals surface area (Å²) < 4.78 is 0. The number of rotatable bonds is 3. The molecule has 3 heteroatoms. The summed E-state index contributed by atoms with van der Waals surface area (Å²) >= 11 is 5.87. The van der Waals surface area contributed by atoms with Gasteiger partial charge in [-0.1, -0.05) is 24.6 Å². The highest BCUT2D eigenvalue weighted by Gasteiger charge is 1.97. The lowest BCUT2D eigenvalue weighted by molar-refractivity contribution is 0.563. The smallest absolute Gasteiger partial charge is 0.211 e. The van der Waals surface area contributed by atoms with E-state index in [9.17, 15) is 4.79 Å². The van der Waals surface area contributed by atoms with Crippen molar-refractivity contribution in [1.82, 2.24) is 0 Å². The Morgan fingerprint density at radius 2 is 2.08 bits per heavy atom. The highest BCUT2D eigenvalue weighted by Crippen LogP contribution is 2.16. The Morgan fingerprint density at radius 1 is 1.38 bits per heavy atom. The van der Waals surface area contributed by atoms with Gasteiger partial charge in [0, 0.05) is 5.02 Å². The van der Waals surface area contributed by atoms with Crippen molar-refractivity contribution in [2.24, 2.45) is 4.99 Å². The summed E-state index contributed by atoms with van der Waals surface area (Å²) in [5, 5.41) is 0.690. The van der Waals surface area contributed by atoms with Gasteiger partial charge in [0.1, 0.15) is 0 Å². The standard InChI is InChI=1S/C10H10ClNO/c1-2-8-3-9(6-12-7-13)5-10(11)4-8/h3-5H,2,6H2,1H3. The summed E-state index contributed by atoms with van der Waals surface area (Å²) in [5.41, 5.74) is 2.11. The summed E-state index contributed by atoms with van der Waals surface area (Å²) in [6.07, 6.45) is 2.43. The SMILES string of the molecule is CCc1cc(Cl)cc(CN=C=O)c1. The quantitative estimate of drug-likeness (QED) is 0.539. The van der Waals surface area contributed by atoms with Crippen LogP contribution in [-0.2, 0) is 17.8 Å². The molecule has 0 aliphatic carbocycles. The Labute approximate surface area is 82.3 Å². The van der Waals surface area contributed by atoms with Crippen molar-refractivity contribution < 1.29 is 4.79 Å². The Kier molecular flexibility index (Phi) is 3.69. The molecule has 13 heavy (non-hydrogen) atoms. The van der Waals surface area contributed by atoms with Gasteiger partial charge in [0.25, 0.3) is 0 Å². The topological polar surface area (TPSA) is 29.4 Å². The van der Waals surface area contributed by atoms with E-state index in [1.807, 2.05) is 18.2 Å². The second kappa shape index (κ2) is 4.80. The zero-order valence-corrected chi connectivity index (χ0v) is 8.14. The minimum atomic E-state index is 0.358. The van der Waals surface area contributed by atoms with Gasteiger partial charge in [0.2, 0.25) is 6.08 Å². The number of carbonyl (C=O) groups excluding carboxylic acids is 1. The zero-order chi connectivity index (χ0) is 9.68. The normalized spacial score (nSPS) is 9.38. The molecule has 0 spiro atoms. The van der Waals surface area contributed by atoms with Gasteiger partial charge in [0.05, 0.1) is 6.54 Å². The van der Waals surface area contributed by atoms with Gasteiger partial charge >= 0.3 is 0 Å². The first-order chi connectivity index (χ1) is 6.26. The van der Waals surface area contributed by atoms with Crippen LogP contribution in [-0.4, -0.2) is 6.08 Å². The van der Waals surface area contributed by atoms with Gasteiger partial charge < -0.3 is 0 Å². The average Bonchev–Trinajstić information content (AvgIpc) is 2.14. The highest BCUT2D eigenvalue weighted by molar-refractivity contribution is 6.30. The fraction of sp³-hybridized carbons (Fsp3) is 0.300.